The van der Waals surface area contributed by atoms with E-state index in [9.17, 15) is 10.1 Å². The Hall–Kier alpha value is -4.28. The number of hydrogen-bond donors (Lipinski definition) is 2. The fourth-order valence-corrected chi connectivity index (χ4v) is 7.78. The molecule has 6 rings (SSSR count). The topological polar surface area (TPSA) is 127 Å². The number of benzene rings is 1. The molecule has 3 aliphatic rings. The van der Waals surface area contributed by atoms with Crippen molar-refractivity contribution in [2.45, 2.75) is 90.9 Å². The first-order valence-electron chi connectivity index (χ1n) is 17.7. The van der Waals surface area contributed by atoms with Crippen molar-refractivity contribution in [1.29, 1.82) is 5.26 Å². The van der Waals surface area contributed by atoms with Crippen molar-refractivity contribution in [2.75, 3.05) is 50.1 Å². The van der Waals surface area contributed by atoms with Crippen molar-refractivity contribution in [3.63, 3.8) is 0 Å². The standard InChI is InChI=1S/C36H49FN10O2/c1-7-30-33-29(18-38)40-21-46(33)31-19-39-36(43-34(31)47(30)23(4)5)42-28-17-27(37)26(16-32(28)49-6)35(48)41-24-8-14-45(15-9-24)25-10-12-44(13-11-25)20-22(2)3/h16-17,19,21-25,30H,7-15,20H2,1-6H3,(H,41,48)(H,39,42,43)/t30-/m1/s1. The van der Waals surface area contributed by atoms with Gasteiger partial charge in [-0.1, -0.05) is 20.8 Å². The average Bonchev–Trinajstić information content (AvgIpc) is 3.52. The van der Waals surface area contributed by atoms with E-state index in [-0.39, 0.29) is 29.6 Å². The molecule has 49 heavy (non-hydrogen) atoms. The number of imidazole rings is 1. The van der Waals surface area contributed by atoms with Crippen molar-refractivity contribution < 1.29 is 13.9 Å². The molecular formula is C36H49FN10O2. The van der Waals surface area contributed by atoms with Gasteiger partial charge in [0.2, 0.25) is 5.95 Å². The molecule has 0 radical (unpaired) electrons. The number of piperidine rings is 2. The number of likely N-dealkylation sites (tertiary alicyclic amines) is 2. The Morgan fingerprint density at radius 3 is 2.47 bits per heavy atom. The summed E-state index contributed by atoms with van der Waals surface area (Å²) in [6.07, 6.45) is 8.11. The lowest BCUT2D eigenvalue weighted by Gasteiger charge is -2.42. The number of ether oxygens (including phenoxy) is 1. The molecule has 1 amide bonds. The zero-order valence-electron chi connectivity index (χ0n) is 29.5. The van der Waals surface area contributed by atoms with E-state index < -0.39 is 11.7 Å². The first kappa shape index (κ1) is 34.6. The minimum absolute atomic E-state index is 0.00651. The average molecular weight is 673 g/mol. The van der Waals surface area contributed by atoms with E-state index in [0.29, 0.717) is 40.6 Å². The maximum Gasteiger partial charge on any atom is 0.254 e. The number of carbonyl (C=O) groups is 1. The quantitative estimate of drug-likeness (QED) is 0.288. The Kier molecular flexibility index (Phi) is 10.4. The second-order valence-electron chi connectivity index (χ2n) is 14.2. The highest BCUT2D eigenvalue weighted by molar-refractivity contribution is 5.96. The summed E-state index contributed by atoms with van der Waals surface area (Å²) in [5.74, 6) is 0.803. The van der Waals surface area contributed by atoms with Gasteiger partial charge in [0.25, 0.3) is 5.91 Å². The third kappa shape index (κ3) is 7.07. The molecule has 0 bridgehead atoms. The molecule has 2 N–H and O–H groups in total. The van der Waals surface area contributed by atoms with Gasteiger partial charge in [-0.25, -0.2) is 14.4 Å². The molecule has 1 aromatic carbocycles. The molecule has 0 unspecified atom stereocenters. The highest BCUT2D eigenvalue weighted by atomic mass is 19.1. The Bertz CT molecular complexity index is 1690. The molecule has 1 atom stereocenters. The van der Waals surface area contributed by atoms with E-state index >= 15 is 4.39 Å². The first-order valence-corrected chi connectivity index (χ1v) is 17.7. The number of aromatic nitrogens is 4. The number of hydrogen-bond acceptors (Lipinski definition) is 10. The molecule has 2 saturated heterocycles. The Labute approximate surface area is 288 Å². The zero-order chi connectivity index (χ0) is 34.8. The van der Waals surface area contributed by atoms with Gasteiger partial charge in [-0.15, -0.1) is 0 Å². The van der Waals surface area contributed by atoms with Crippen molar-refractivity contribution in [3.05, 3.63) is 47.4 Å². The van der Waals surface area contributed by atoms with Gasteiger partial charge in [0.05, 0.1) is 36.3 Å². The third-order valence-electron chi connectivity index (χ3n) is 10.1. The van der Waals surface area contributed by atoms with Gasteiger partial charge in [0, 0.05) is 43.8 Å². The van der Waals surface area contributed by atoms with Crippen LogP contribution < -0.4 is 20.3 Å². The lowest BCUT2D eigenvalue weighted by Crippen LogP contribution is -2.51. The molecule has 0 saturated carbocycles. The number of nitrogens with zero attached hydrogens (tertiary/aromatic N) is 8. The summed E-state index contributed by atoms with van der Waals surface area (Å²) in [5, 5.41) is 15.9. The third-order valence-corrected chi connectivity index (χ3v) is 10.1. The molecule has 3 aliphatic heterocycles. The van der Waals surface area contributed by atoms with Gasteiger partial charge in [0.1, 0.15) is 29.7 Å². The fourth-order valence-electron chi connectivity index (χ4n) is 7.78. The number of carbonyl (C=O) groups excluding carboxylic acids is 1. The van der Waals surface area contributed by atoms with Crippen LogP contribution in [0.15, 0.2) is 24.7 Å². The Morgan fingerprint density at radius 1 is 1.10 bits per heavy atom. The number of anilines is 3. The summed E-state index contributed by atoms with van der Waals surface area (Å²) in [6, 6.07) is 5.44. The highest BCUT2D eigenvalue weighted by Crippen LogP contribution is 2.42. The second kappa shape index (κ2) is 14.7. The predicted molar refractivity (Wildman–Crippen MR) is 187 cm³/mol. The van der Waals surface area contributed by atoms with E-state index in [1.807, 2.05) is 4.57 Å². The largest absolute Gasteiger partial charge is 0.495 e. The van der Waals surface area contributed by atoms with E-state index in [1.54, 1.807) is 12.5 Å². The van der Waals surface area contributed by atoms with Crippen LogP contribution in [0.25, 0.3) is 5.69 Å². The molecule has 2 aromatic heterocycles. The molecule has 262 valence electrons. The normalized spacial score (nSPS) is 19.1. The highest BCUT2D eigenvalue weighted by Gasteiger charge is 2.36. The van der Waals surface area contributed by atoms with Gasteiger partial charge < -0.3 is 30.1 Å². The summed E-state index contributed by atoms with van der Waals surface area (Å²) in [7, 11) is 1.48. The van der Waals surface area contributed by atoms with E-state index in [4.69, 9.17) is 9.72 Å². The van der Waals surface area contributed by atoms with Crippen LogP contribution in [0, 0.1) is 23.1 Å². The van der Waals surface area contributed by atoms with Crippen molar-refractivity contribution in [1.82, 2.24) is 34.6 Å². The summed E-state index contributed by atoms with van der Waals surface area (Å²) in [4.78, 5) is 34.3. The van der Waals surface area contributed by atoms with Crippen molar-refractivity contribution >= 4 is 23.4 Å². The molecule has 2 fully saturated rings. The Morgan fingerprint density at radius 2 is 1.84 bits per heavy atom. The molecule has 13 heteroatoms. The SMILES string of the molecule is CC[C@@H]1c2c(C#N)ncn2-c2cnc(Nc3cc(F)c(C(=O)NC4CCN(C5CCN(CC(C)C)CC5)CC4)cc3OC)nc2N1C(C)C. The van der Waals surface area contributed by atoms with Gasteiger partial charge >= 0.3 is 0 Å². The van der Waals surface area contributed by atoms with Gasteiger partial charge in [0.15, 0.2) is 11.5 Å². The van der Waals surface area contributed by atoms with Crippen LogP contribution >= 0.6 is 0 Å². The molecule has 0 aliphatic carbocycles. The smallest absolute Gasteiger partial charge is 0.254 e. The number of halogens is 1. The minimum atomic E-state index is -0.661. The van der Waals surface area contributed by atoms with Crippen LogP contribution in [-0.2, 0) is 0 Å². The lowest BCUT2D eigenvalue weighted by molar-refractivity contribution is 0.0737. The molecule has 0 spiro atoms. The fraction of sp³-hybridized carbons (Fsp3) is 0.583. The van der Waals surface area contributed by atoms with Crippen LogP contribution in [0.2, 0.25) is 0 Å². The maximum absolute atomic E-state index is 15.6. The number of amides is 1. The van der Waals surface area contributed by atoms with Crippen molar-refractivity contribution in [3.8, 4) is 17.5 Å². The summed E-state index contributed by atoms with van der Waals surface area (Å²) >= 11 is 0. The van der Waals surface area contributed by atoms with Gasteiger partial charge in [-0.2, -0.15) is 10.2 Å². The number of rotatable bonds is 10. The number of methoxy groups -OCH3 is 1. The molecular weight excluding hydrogens is 623 g/mol. The van der Waals surface area contributed by atoms with Crippen LogP contribution in [0.3, 0.4) is 0 Å². The summed E-state index contributed by atoms with van der Waals surface area (Å²) in [5.41, 5.74) is 2.14. The monoisotopic (exact) mass is 672 g/mol. The molecule has 12 nitrogen and oxygen atoms in total. The van der Waals surface area contributed by atoms with Crippen molar-refractivity contribution in [2.24, 2.45) is 5.92 Å². The van der Waals surface area contributed by atoms with E-state index in [2.05, 4.69) is 76.0 Å². The maximum atomic E-state index is 15.6. The number of nitriles is 1. The Balaban J connectivity index is 1.13. The molecule has 3 aromatic rings. The predicted octanol–water partition coefficient (Wildman–Crippen LogP) is 5.42. The van der Waals surface area contributed by atoms with Crippen LogP contribution in [0.1, 0.15) is 94.5 Å². The summed E-state index contributed by atoms with van der Waals surface area (Å²) < 4.78 is 23.1. The lowest BCUT2D eigenvalue weighted by atomic mass is 9.97. The van der Waals surface area contributed by atoms with E-state index in [0.717, 1.165) is 57.7 Å². The van der Waals surface area contributed by atoms with E-state index in [1.165, 1.54) is 32.1 Å². The minimum Gasteiger partial charge on any atom is -0.495 e. The van der Waals surface area contributed by atoms with Gasteiger partial charge in [-0.3, -0.25) is 9.36 Å². The summed E-state index contributed by atoms with van der Waals surface area (Å²) in [6.45, 7) is 16.1. The number of nitrogens with one attached hydrogen (secondary N) is 2. The van der Waals surface area contributed by atoms with Gasteiger partial charge in [-0.05, 0) is 71.0 Å². The zero-order valence-corrected chi connectivity index (χ0v) is 29.5. The van der Waals surface area contributed by atoms with Crippen LogP contribution in [0.5, 0.6) is 5.75 Å². The first-order chi connectivity index (χ1) is 23.6. The second-order valence-corrected chi connectivity index (χ2v) is 14.2. The molecule has 5 heterocycles. The van der Waals surface area contributed by atoms with Crippen LogP contribution in [-0.4, -0.2) is 93.2 Å². The number of fused-ring (bicyclic) bond motifs is 3. The van der Waals surface area contributed by atoms with Crippen LogP contribution in [0.4, 0.5) is 21.8 Å².